The molecule has 0 N–H and O–H groups in total. The highest BCUT2D eigenvalue weighted by Crippen LogP contribution is 2.32. The molecule has 0 saturated carbocycles. The lowest BCUT2D eigenvalue weighted by atomic mass is 10.1. The summed E-state index contributed by atoms with van der Waals surface area (Å²) in [7, 11) is 0. The summed E-state index contributed by atoms with van der Waals surface area (Å²) in [6.07, 6.45) is 2.36. The van der Waals surface area contributed by atoms with Crippen LogP contribution in [0.1, 0.15) is 25.1 Å². The largest absolute Gasteiger partial charge is 0.482 e. The number of hydrogen-bond acceptors (Lipinski definition) is 3. The highest BCUT2D eigenvalue weighted by atomic mass is 16.5. The van der Waals surface area contributed by atoms with Crippen LogP contribution in [0.4, 0.5) is 5.69 Å². The number of ether oxygens (including phenoxy) is 1. The fourth-order valence-corrected chi connectivity index (χ4v) is 3.67. The van der Waals surface area contributed by atoms with Gasteiger partial charge in [0.15, 0.2) is 6.61 Å². The quantitative estimate of drug-likeness (QED) is 0.861. The molecule has 130 valence electrons. The van der Waals surface area contributed by atoms with E-state index in [1.807, 2.05) is 35.2 Å². The molecule has 3 heterocycles. The predicted molar refractivity (Wildman–Crippen MR) is 93.5 cm³/mol. The molecular weight excluding hydrogens is 318 g/mol. The van der Waals surface area contributed by atoms with Gasteiger partial charge in [-0.3, -0.25) is 9.59 Å². The molecule has 6 heteroatoms. The average molecular weight is 339 g/mol. The standard InChI is InChI=1S/C19H21N3O3/c1-14-15-6-4-9-20(15)11-12-21(14)18(23)8-10-22-16-5-2-3-7-17(16)25-13-19(22)24/h2-7,9,14H,8,10-13H2,1H3/t14-/m1/s1. The van der Waals surface area contributed by atoms with E-state index in [1.165, 1.54) is 0 Å². The highest BCUT2D eigenvalue weighted by molar-refractivity contribution is 5.98. The molecule has 6 nitrogen and oxygen atoms in total. The molecule has 25 heavy (non-hydrogen) atoms. The zero-order chi connectivity index (χ0) is 17.4. The fourth-order valence-electron chi connectivity index (χ4n) is 3.67. The summed E-state index contributed by atoms with van der Waals surface area (Å²) in [6, 6.07) is 11.6. The average Bonchev–Trinajstić information content (AvgIpc) is 3.10. The Morgan fingerprint density at radius 3 is 2.92 bits per heavy atom. The van der Waals surface area contributed by atoms with Crippen LogP contribution in [0.5, 0.6) is 5.75 Å². The lowest BCUT2D eigenvalue weighted by molar-refractivity contribution is -0.134. The number of para-hydroxylation sites is 2. The number of benzene rings is 1. The molecule has 2 aromatic rings. The van der Waals surface area contributed by atoms with Gasteiger partial charge in [0.1, 0.15) is 5.75 Å². The molecule has 1 atom stereocenters. The van der Waals surface area contributed by atoms with E-state index in [9.17, 15) is 9.59 Å². The minimum Gasteiger partial charge on any atom is -0.482 e. The number of fused-ring (bicyclic) bond motifs is 2. The van der Waals surface area contributed by atoms with E-state index < -0.39 is 0 Å². The molecule has 4 rings (SSSR count). The van der Waals surface area contributed by atoms with Crippen LogP contribution in [0.2, 0.25) is 0 Å². The third kappa shape index (κ3) is 2.77. The summed E-state index contributed by atoms with van der Waals surface area (Å²) in [5.74, 6) is 0.669. The number of carbonyl (C=O) groups is 2. The van der Waals surface area contributed by atoms with Gasteiger partial charge < -0.3 is 19.1 Å². The van der Waals surface area contributed by atoms with Gasteiger partial charge >= 0.3 is 0 Å². The summed E-state index contributed by atoms with van der Waals surface area (Å²) in [5.41, 5.74) is 1.90. The molecule has 1 aromatic heterocycles. The molecule has 0 spiro atoms. The fraction of sp³-hybridized carbons (Fsp3) is 0.368. The smallest absolute Gasteiger partial charge is 0.265 e. The maximum atomic E-state index is 12.7. The second-order valence-corrected chi connectivity index (χ2v) is 6.44. The van der Waals surface area contributed by atoms with Crippen LogP contribution in [0.3, 0.4) is 0 Å². The zero-order valence-corrected chi connectivity index (χ0v) is 14.2. The molecule has 2 amide bonds. The van der Waals surface area contributed by atoms with E-state index in [0.29, 0.717) is 25.3 Å². The molecule has 1 aromatic carbocycles. The lowest BCUT2D eigenvalue weighted by Gasteiger charge is -2.36. The number of carbonyl (C=O) groups excluding carboxylic acids is 2. The zero-order valence-electron chi connectivity index (χ0n) is 14.2. The highest BCUT2D eigenvalue weighted by Gasteiger charge is 2.29. The van der Waals surface area contributed by atoms with Crippen molar-refractivity contribution in [3.8, 4) is 5.75 Å². The van der Waals surface area contributed by atoms with E-state index in [0.717, 1.165) is 17.9 Å². The first-order chi connectivity index (χ1) is 12.1. The first-order valence-corrected chi connectivity index (χ1v) is 8.62. The maximum absolute atomic E-state index is 12.7. The summed E-state index contributed by atoms with van der Waals surface area (Å²) in [5, 5.41) is 0. The van der Waals surface area contributed by atoms with Crippen LogP contribution in [0, 0.1) is 0 Å². The van der Waals surface area contributed by atoms with Crippen molar-refractivity contribution in [3.63, 3.8) is 0 Å². The van der Waals surface area contributed by atoms with Crippen molar-refractivity contribution in [3.05, 3.63) is 48.3 Å². The van der Waals surface area contributed by atoms with Gasteiger partial charge in [0, 0.05) is 37.9 Å². The Kier molecular flexibility index (Phi) is 3.95. The van der Waals surface area contributed by atoms with E-state index in [-0.39, 0.29) is 24.5 Å². The molecule has 0 aliphatic carbocycles. The van der Waals surface area contributed by atoms with Crippen LogP contribution in [-0.4, -0.2) is 41.0 Å². The molecule has 0 bridgehead atoms. The molecule has 0 fully saturated rings. The van der Waals surface area contributed by atoms with E-state index in [2.05, 4.69) is 23.8 Å². The topological polar surface area (TPSA) is 54.8 Å². The van der Waals surface area contributed by atoms with Gasteiger partial charge in [-0.15, -0.1) is 0 Å². The SMILES string of the molecule is C[C@@H]1c2cccn2CCN1C(=O)CCN1C(=O)COc2ccccc21. The van der Waals surface area contributed by atoms with Crippen molar-refractivity contribution in [1.29, 1.82) is 0 Å². The summed E-state index contributed by atoms with van der Waals surface area (Å²) in [6.45, 7) is 3.98. The lowest BCUT2D eigenvalue weighted by Crippen LogP contribution is -2.44. The Balaban J connectivity index is 1.45. The van der Waals surface area contributed by atoms with Crippen molar-refractivity contribution >= 4 is 17.5 Å². The number of amides is 2. The van der Waals surface area contributed by atoms with Gasteiger partial charge in [-0.1, -0.05) is 12.1 Å². The number of nitrogens with zero attached hydrogens (tertiary/aromatic N) is 3. The molecule has 0 radical (unpaired) electrons. The first kappa shape index (κ1) is 15.7. The van der Waals surface area contributed by atoms with Crippen molar-refractivity contribution in [2.24, 2.45) is 0 Å². The van der Waals surface area contributed by atoms with E-state index >= 15 is 0 Å². The minimum absolute atomic E-state index is 0.0266. The molecule has 0 saturated heterocycles. The van der Waals surface area contributed by atoms with Crippen molar-refractivity contribution < 1.29 is 14.3 Å². The second kappa shape index (κ2) is 6.27. The Labute approximate surface area is 146 Å². The minimum atomic E-state index is -0.105. The van der Waals surface area contributed by atoms with Crippen LogP contribution in [-0.2, 0) is 16.1 Å². The Morgan fingerprint density at radius 1 is 1.20 bits per heavy atom. The monoisotopic (exact) mass is 339 g/mol. The van der Waals surface area contributed by atoms with Crippen molar-refractivity contribution in [2.75, 3.05) is 24.6 Å². The number of aromatic nitrogens is 1. The number of anilines is 1. The van der Waals surface area contributed by atoms with Crippen LogP contribution in [0.15, 0.2) is 42.6 Å². The van der Waals surface area contributed by atoms with Crippen molar-refractivity contribution in [1.82, 2.24) is 9.47 Å². The Bertz CT molecular complexity index is 814. The predicted octanol–water partition coefficient (Wildman–Crippen LogP) is 2.21. The normalized spacial score (nSPS) is 19.2. The molecule has 0 unspecified atom stereocenters. The van der Waals surface area contributed by atoms with E-state index in [4.69, 9.17) is 4.74 Å². The summed E-state index contributed by atoms with van der Waals surface area (Å²) >= 11 is 0. The van der Waals surface area contributed by atoms with Crippen molar-refractivity contribution in [2.45, 2.75) is 25.9 Å². The van der Waals surface area contributed by atoms with Gasteiger partial charge in [0.05, 0.1) is 11.7 Å². The van der Waals surface area contributed by atoms with Gasteiger partial charge in [-0.05, 0) is 31.2 Å². The van der Waals surface area contributed by atoms with Gasteiger partial charge in [0.2, 0.25) is 5.91 Å². The van der Waals surface area contributed by atoms with Crippen LogP contribution >= 0.6 is 0 Å². The number of rotatable bonds is 3. The van der Waals surface area contributed by atoms with Crippen LogP contribution < -0.4 is 9.64 Å². The molecule has 2 aliphatic heterocycles. The molecular formula is C19H21N3O3. The van der Waals surface area contributed by atoms with Gasteiger partial charge in [-0.2, -0.15) is 0 Å². The Morgan fingerprint density at radius 2 is 2.04 bits per heavy atom. The number of hydrogen-bond donors (Lipinski definition) is 0. The Hall–Kier alpha value is -2.76. The first-order valence-electron chi connectivity index (χ1n) is 8.62. The summed E-state index contributed by atoms with van der Waals surface area (Å²) < 4.78 is 7.64. The summed E-state index contributed by atoms with van der Waals surface area (Å²) in [4.78, 5) is 28.5. The van der Waals surface area contributed by atoms with Crippen LogP contribution in [0.25, 0.3) is 0 Å². The van der Waals surface area contributed by atoms with E-state index in [1.54, 1.807) is 4.90 Å². The second-order valence-electron chi connectivity index (χ2n) is 6.44. The van der Waals surface area contributed by atoms with Gasteiger partial charge in [0.25, 0.3) is 5.91 Å². The third-order valence-electron chi connectivity index (χ3n) is 5.02. The maximum Gasteiger partial charge on any atom is 0.265 e. The third-order valence-corrected chi connectivity index (χ3v) is 5.02. The van der Waals surface area contributed by atoms with Gasteiger partial charge in [-0.25, -0.2) is 0 Å². The molecule has 2 aliphatic rings.